The number of sulfonamides is 1. The molecule has 0 radical (unpaired) electrons. The Morgan fingerprint density at radius 1 is 1.07 bits per heavy atom. The zero-order valence-corrected chi connectivity index (χ0v) is 18.3. The number of likely N-dealkylation sites (tertiary alicyclic amines) is 1. The van der Waals surface area contributed by atoms with Crippen molar-refractivity contribution in [3.05, 3.63) is 24.3 Å². The molecule has 0 spiro atoms. The van der Waals surface area contributed by atoms with Crippen LogP contribution in [0.3, 0.4) is 0 Å². The number of urea groups is 1. The Labute approximate surface area is 173 Å². The summed E-state index contributed by atoms with van der Waals surface area (Å²) in [5.41, 5.74) is 0.561. The SMILES string of the molecule is CCCNS(=O)(=O)c1ccc(NC(=O)C2CCN(C(=O)N(CC)CC)CC2)cc1. The minimum Gasteiger partial charge on any atom is -0.326 e. The van der Waals surface area contributed by atoms with Crippen LogP contribution in [0.4, 0.5) is 10.5 Å². The lowest BCUT2D eigenvalue weighted by Crippen LogP contribution is -2.47. The summed E-state index contributed by atoms with van der Waals surface area (Å²) in [6, 6.07) is 6.19. The normalized spacial score (nSPS) is 15.2. The van der Waals surface area contributed by atoms with Crippen molar-refractivity contribution in [1.29, 1.82) is 0 Å². The van der Waals surface area contributed by atoms with Crippen molar-refractivity contribution >= 4 is 27.6 Å². The van der Waals surface area contributed by atoms with Gasteiger partial charge in [-0.15, -0.1) is 0 Å². The first-order chi connectivity index (χ1) is 13.8. The van der Waals surface area contributed by atoms with Gasteiger partial charge in [0.1, 0.15) is 0 Å². The molecule has 1 aromatic carbocycles. The Hall–Kier alpha value is -2.13. The maximum absolute atomic E-state index is 12.6. The molecule has 0 saturated carbocycles. The topological polar surface area (TPSA) is 98.8 Å². The van der Waals surface area contributed by atoms with E-state index in [1.807, 2.05) is 20.8 Å². The first kappa shape index (κ1) is 23.2. The number of nitrogens with zero attached hydrogens (tertiary/aromatic N) is 2. The zero-order chi connectivity index (χ0) is 21.4. The van der Waals surface area contributed by atoms with E-state index in [9.17, 15) is 18.0 Å². The number of rotatable bonds is 8. The molecule has 2 rings (SSSR count). The largest absolute Gasteiger partial charge is 0.326 e. The fourth-order valence-corrected chi connectivity index (χ4v) is 4.44. The summed E-state index contributed by atoms with van der Waals surface area (Å²) in [7, 11) is -3.52. The monoisotopic (exact) mass is 424 g/mol. The van der Waals surface area contributed by atoms with Crippen molar-refractivity contribution in [2.24, 2.45) is 5.92 Å². The molecule has 0 aliphatic carbocycles. The minimum absolute atomic E-state index is 0.0299. The highest BCUT2D eigenvalue weighted by atomic mass is 32.2. The lowest BCUT2D eigenvalue weighted by Gasteiger charge is -2.34. The van der Waals surface area contributed by atoms with E-state index in [4.69, 9.17) is 0 Å². The molecule has 9 heteroatoms. The minimum atomic E-state index is -3.52. The third kappa shape index (κ3) is 6.17. The number of hydrogen-bond donors (Lipinski definition) is 2. The highest BCUT2D eigenvalue weighted by Gasteiger charge is 2.29. The van der Waals surface area contributed by atoms with Crippen LogP contribution >= 0.6 is 0 Å². The molecule has 8 nitrogen and oxygen atoms in total. The number of anilines is 1. The average molecular weight is 425 g/mol. The number of carbonyl (C=O) groups is 2. The number of benzene rings is 1. The second kappa shape index (κ2) is 10.6. The Kier molecular flexibility index (Phi) is 8.45. The van der Waals surface area contributed by atoms with Crippen LogP contribution in [0.5, 0.6) is 0 Å². The molecule has 0 unspecified atom stereocenters. The Balaban J connectivity index is 1.89. The van der Waals surface area contributed by atoms with Gasteiger partial charge in [-0.05, 0) is 57.4 Å². The molecule has 1 aliphatic rings. The molecule has 1 heterocycles. The van der Waals surface area contributed by atoms with Crippen molar-refractivity contribution in [2.45, 2.75) is 44.9 Å². The predicted octanol–water partition coefficient (Wildman–Crippen LogP) is 2.49. The molecular formula is C20H32N4O4S. The summed E-state index contributed by atoms with van der Waals surface area (Å²) in [5.74, 6) is -0.259. The average Bonchev–Trinajstić information content (AvgIpc) is 2.73. The lowest BCUT2D eigenvalue weighted by atomic mass is 9.96. The molecule has 1 fully saturated rings. The van der Waals surface area contributed by atoms with E-state index in [1.165, 1.54) is 12.1 Å². The summed E-state index contributed by atoms with van der Waals surface area (Å²) in [6.07, 6.45) is 1.95. The van der Waals surface area contributed by atoms with Gasteiger partial charge in [0.2, 0.25) is 15.9 Å². The molecule has 1 aromatic rings. The van der Waals surface area contributed by atoms with Crippen LogP contribution in [0.1, 0.15) is 40.0 Å². The van der Waals surface area contributed by atoms with Crippen molar-refractivity contribution in [3.8, 4) is 0 Å². The van der Waals surface area contributed by atoms with E-state index in [0.29, 0.717) is 57.7 Å². The summed E-state index contributed by atoms with van der Waals surface area (Å²) < 4.78 is 26.7. The van der Waals surface area contributed by atoms with Crippen LogP contribution in [0, 0.1) is 5.92 Å². The van der Waals surface area contributed by atoms with Gasteiger partial charge in [0.15, 0.2) is 0 Å². The second-order valence-electron chi connectivity index (χ2n) is 7.13. The standard InChI is InChI=1S/C20H32N4O4S/c1-4-13-21-29(27,28)18-9-7-17(8-10-18)22-19(25)16-11-14-24(15-12-16)20(26)23(5-2)6-3/h7-10,16,21H,4-6,11-15H2,1-3H3,(H,22,25). The quantitative estimate of drug-likeness (QED) is 0.670. The first-order valence-corrected chi connectivity index (χ1v) is 11.7. The van der Waals surface area contributed by atoms with Gasteiger partial charge in [-0.25, -0.2) is 17.9 Å². The van der Waals surface area contributed by atoms with Crippen LogP contribution in [0.2, 0.25) is 0 Å². The second-order valence-corrected chi connectivity index (χ2v) is 8.89. The van der Waals surface area contributed by atoms with E-state index in [2.05, 4.69) is 10.0 Å². The summed E-state index contributed by atoms with van der Waals surface area (Å²) in [6.45, 7) is 8.67. The molecule has 162 valence electrons. The van der Waals surface area contributed by atoms with Crippen LogP contribution in [0.25, 0.3) is 0 Å². The van der Waals surface area contributed by atoms with E-state index in [0.717, 1.165) is 0 Å². The molecule has 0 bridgehead atoms. The molecule has 3 amide bonds. The van der Waals surface area contributed by atoms with Gasteiger partial charge < -0.3 is 15.1 Å². The fourth-order valence-electron chi connectivity index (χ4n) is 3.31. The van der Waals surface area contributed by atoms with Gasteiger partial charge in [0, 0.05) is 44.3 Å². The number of nitrogens with one attached hydrogen (secondary N) is 2. The molecular weight excluding hydrogens is 392 g/mol. The maximum atomic E-state index is 12.6. The van der Waals surface area contributed by atoms with Gasteiger partial charge >= 0.3 is 6.03 Å². The Bertz CT molecular complexity index is 783. The zero-order valence-electron chi connectivity index (χ0n) is 17.5. The lowest BCUT2D eigenvalue weighted by molar-refractivity contribution is -0.121. The molecule has 1 aliphatic heterocycles. The fraction of sp³-hybridized carbons (Fsp3) is 0.600. The van der Waals surface area contributed by atoms with Crippen LogP contribution in [-0.4, -0.2) is 62.9 Å². The van der Waals surface area contributed by atoms with Gasteiger partial charge in [-0.3, -0.25) is 4.79 Å². The number of hydrogen-bond acceptors (Lipinski definition) is 4. The molecule has 0 aromatic heterocycles. The van der Waals surface area contributed by atoms with E-state index in [1.54, 1.807) is 21.9 Å². The van der Waals surface area contributed by atoms with Gasteiger partial charge in [-0.2, -0.15) is 0 Å². The molecule has 2 N–H and O–H groups in total. The third-order valence-corrected chi connectivity index (χ3v) is 6.62. The van der Waals surface area contributed by atoms with E-state index < -0.39 is 10.0 Å². The van der Waals surface area contributed by atoms with Crippen molar-refractivity contribution in [2.75, 3.05) is 38.0 Å². The Morgan fingerprint density at radius 2 is 1.66 bits per heavy atom. The predicted molar refractivity (Wildman–Crippen MR) is 113 cm³/mol. The van der Waals surface area contributed by atoms with Crippen LogP contribution < -0.4 is 10.0 Å². The summed E-state index contributed by atoms with van der Waals surface area (Å²) in [5, 5.41) is 2.85. The maximum Gasteiger partial charge on any atom is 0.319 e. The van der Waals surface area contributed by atoms with Crippen LogP contribution in [-0.2, 0) is 14.8 Å². The van der Waals surface area contributed by atoms with Gasteiger partial charge in [0.25, 0.3) is 0 Å². The smallest absolute Gasteiger partial charge is 0.319 e. The molecule has 29 heavy (non-hydrogen) atoms. The van der Waals surface area contributed by atoms with Gasteiger partial charge in [-0.1, -0.05) is 6.92 Å². The van der Waals surface area contributed by atoms with Crippen molar-refractivity contribution in [3.63, 3.8) is 0 Å². The van der Waals surface area contributed by atoms with E-state index in [-0.39, 0.29) is 22.8 Å². The molecule has 0 atom stereocenters. The summed E-state index contributed by atoms with van der Waals surface area (Å²) >= 11 is 0. The van der Waals surface area contributed by atoms with E-state index >= 15 is 0 Å². The Morgan fingerprint density at radius 3 is 2.17 bits per heavy atom. The van der Waals surface area contributed by atoms with Crippen molar-refractivity contribution < 1.29 is 18.0 Å². The van der Waals surface area contributed by atoms with Crippen molar-refractivity contribution in [1.82, 2.24) is 14.5 Å². The summed E-state index contributed by atoms with van der Waals surface area (Å²) in [4.78, 5) is 28.7. The number of amides is 3. The number of piperidine rings is 1. The highest BCUT2D eigenvalue weighted by Crippen LogP contribution is 2.21. The molecule has 1 saturated heterocycles. The highest BCUT2D eigenvalue weighted by molar-refractivity contribution is 7.89. The first-order valence-electron chi connectivity index (χ1n) is 10.3. The van der Waals surface area contributed by atoms with Gasteiger partial charge in [0.05, 0.1) is 4.90 Å². The third-order valence-electron chi connectivity index (χ3n) is 5.14. The van der Waals surface area contributed by atoms with Crippen LogP contribution in [0.15, 0.2) is 29.2 Å². The number of carbonyl (C=O) groups excluding carboxylic acids is 2.